The SMILES string of the molecule is CC(C(=O)OC(=O)C(C)c1ccc(CBr)cc1)c1ccc(CCl)cc1. The van der Waals surface area contributed by atoms with Crippen LogP contribution in [0.1, 0.15) is 47.9 Å². The molecule has 5 heteroatoms. The zero-order chi connectivity index (χ0) is 18.4. The van der Waals surface area contributed by atoms with E-state index in [4.69, 9.17) is 16.3 Å². The number of alkyl halides is 2. The second-order valence-corrected chi connectivity index (χ2v) is 6.76. The molecule has 0 radical (unpaired) electrons. The Labute approximate surface area is 161 Å². The number of hydrogen-bond acceptors (Lipinski definition) is 3. The third-order valence-corrected chi connectivity index (χ3v) is 5.13. The van der Waals surface area contributed by atoms with Gasteiger partial charge in [0.2, 0.25) is 0 Å². The van der Waals surface area contributed by atoms with E-state index in [9.17, 15) is 9.59 Å². The van der Waals surface area contributed by atoms with Crippen molar-refractivity contribution in [3.63, 3.8) is 0 Å². The summed E-state index contributed by atoms with van der Waals surface area (Å²) in [4.78, 5) is 24.5. The summed E-state index contributed by atoms with van der Waals surface area (Å²) in [7, 11) is 0. The van der Waals surface area contributed by atoms with Crippen molar-refractivity contribution in [3.05, 3.63) is 70.8 Å². The smallest absolute Gasteiger partial charge is 0.320 e. The Morgan fingerprint density at radius 2 is 1.28 bits per heavy atom. The maximum atomic E-state index is 12.3. The van der Waals surface area contributed by atoms with Crippen LogP contribution in [-0.4, -0.2) is 11.9 Å². The van der Waals surface area contributed by atoms with Gasteiger partial charge in [-0.15, -0.1) is 11.6 Å². The lowest BCUT2D eigenvalue weighted by molar-refractivity contribution is -0.161. The van der Waals surface area contributed by atoms with E-state index in [1.165, 1.54) is 0 Å². The Bertz CT molecular complexity index is 662. The Morgan fingerprint density at radius 3 is 1.64 bits per heavy atom. The van der Waals surface area contributed by atoms with Gasteiger partial charge in [-0.1, -0.05) is 64.5 Å². The third-order valence-electron chi connectivity index (χ3n) is 4.18. The van der Waals surface area contributed by atoms with Gasteiger partial charge in [0.05, 0.1) is 11.8 Å². The second-order valence-electron chi connectivity index (χ2n) is 5.93. The largest absolute Gasteiger partial charge is 0.392 e. The molecule has 0 heterocycles. The monoisotopic (exact) mass is 422 g/mol. The quantitative estimate of drug-likeness (QED) is 0.360. The maximum absolute atomic E-state index is 12.3. The highest BCUT2D eigenvalue weighted by molar-refractivity contribution is 9.08. The van der Waals surface area contributed by atoms with Gasteiger partial charge in [0.25, 0.3) is 0 Å². The number of ether oxygens (including phenoxy) is 1. The lowest BCUT2D eigenvalue weighted by atomic mass is 9.99. The predicted molar refractivity (Wildman–Crippen MR) is 103 cm³/mol. The lowest BCUT2D eigenvalue weighted by Gasteiger charge is -2.14. The molecular formula is C20H20BrClO3. The van der Waals surface area contributed by atoms with Crippen molar-refractivity contribution in [3.8, 4) is 0 Å². The van der Waals surface area contributed by atoms with Crippen LogP contribution in [0.3, 0.4) is 0 Å². The van der Waals surface area contributed by atoms with Gasteiger partial charge in [0.15, 0.2) is 0 Å². The zero-order valence-corrected chi connectivity index (χ0v) is 16.5. The summed E-state index contributed by atoms with van der Waals surface area (Å²) < 4.78 is 5.08. The first-order chi connectivity index (χ1) is 12.0. The van der Waals surface area contributed by atoms with Gasteiger partial charge in [-0.05, 0) is 36.1 Å². The minimum Gasteiger partial charge on any atom is -0.392 e. The lowest BCUT2D eigenvalue weighted by Crippen LogP contribution is -2.21. The standard InChI is InChI=1S/C20H20BrClO3/c1-13(17-7-3-15(11-21)4-8-17)19(23)25-20(24)14(2)18-9-5-16(12-22)6-10-18/h3-10,13-14H,11-12H2,1-2H3. The highest BCUT2D eigenvalue weighted by Gasteiger charge is 2.24. The summed E-state index contributed by atoms with van der Waals surface area (Å²) in [6.07, 6.45) is 0. The summed E-state index contributed by atoms with van der Waals surface area (Å²) in [6, 6.07) is 15.0. The molecule has 0 aliphatic carbocycles. The molecule has 2 aromatic rings. The van der Waals surface area contributed by atoms with Crippen molar-refractivity contribution in [1.82, 2.24) is 0 Å². The van der Waals surface area contributed by atoms with Gasteiger partial charge < -0.3 is 4.74 Å². The van der Waals surface area contributed by atoms with Crippen LogP contribution in [0.15, 0.2) is 48.5 Å². The highest BCUT2D eigenvalue weighted by atomic mass is 79.9. The fourth-order valence-electron chi connectivity index (χ4n) is 2.34. The first kappa shape index (κ1) is 19.7. The molecule has 0 aromatic heterocycles. The van der Waals surface area contributed by atoms with Crippen LogP contribution in [0.5, 0.6) is 0 Å². The summed E-state index contributed by atoms with van der Waals surface area (Å²) in [5, 5.41) is 0.755. The molecule has 3 nitrogen and oxygen atoms in total. The zero-order valence-electron chi connectivity index (χ0n) is 14.2. The van der Waals surface area contributed by atoms with Gasteiger partial charge in [0.1, 0.15) is 0 Å². The van der Waals surface area contributed by atoms with Gasteiger partial charge in [0, 0.05) is 11.2 Å². The number of carbonyl (C=O) groups is 2. The van der Waals surface area contributed by atoms with Gasteiger partial charge in [-0.3, -0.25) is 9.59 Å². The van der Waals surface area contributed by atoms with Crippen LogP contribution >= 0.6 is 27.5 Å². The first-order valence-corrected chi connectivity index (χ1v) is 9.67. The molecule has 0 aliphatic heterocycles. The average molecular weight is 424 g/mol. The van der Waals surface area contributed by atoms with Crippen molar-refractivity contribution in [2.75, 3.05) is 0 Å². The molecule has 0 N–H and O–H groups in total. The number of hydrogen-bond donors (Lipinski definition) is 0. The Balaban J connectivity index is 2.00. The van der Waals surface area contributed by atoms with E-state index in [1.807, 2.05) is 48.5 Å². The fourth-order valence-corrected chi connectivity index (χ4v) is 2.89. The molecule has 2 unspecified atom stereocenters. The van der Waals surface area contributed by atoms with Crippen LogP contribution < -0.4 is 0 Å². The number of esters is 2. The topological polar surface area (TPSA) is 43.4 Å². The molecule has 0 bridgehead atoms. The second kappa shape index (κ2) is 9.16. The summed E-state index contributed by atoms with van der Waals surface area (Å²) in [6.45, 7) is 3.46. The minimum absolute atomic E-state index is 0.420. The van der Waals surface area contributed by atoms with Crippen LogP contribution in [0.4, 0.5) is 0 Å². The van der Waals surface area contributed by atoms with Crippen molar-refractivity contribution in [1.29, 1.82) is 0 Å². The van der Waals surface area contributed by atoms with Crippen LogP contribution in [0.25, 0.3) is 0 Å². The van der Waals surface area contributed by atoms with Crippen LogP contribution in [0.2, 0.25) is 0 Å². The van der Waals surface area contributed by atoms with E-state index in [0.717, 1.165) is 27.6 Å². The van der Waals surface area contributed by atoms with E-state index in [0.29, 0.717) is 5.88 Å². The molecule has 0 aliphatic rings. The fraction of sp³-hybridized carbons (Fsp3) is 0.300. The van der Waals surface area contributed by atoms with E-state index < -0.39 is 23.8 Å². The molecule has 2 atom stereocenters. The van der Waals surface area contributed by atoms with Crippen molar-refractivity contribution >= 4 is 39.5 Å². The van der Waals surface area contributed by atoms with Crippen molar-refractivity contribution in [2.45, 2.75) is 36.9 Å². The van der Waals surface area contributed by atoms with E-state index >= 15 is 0 Å². The molecule has 0 fully saturated rings. The van der Waals surface area contributed by atoms with E-state index in [1.54, 1.807) is 13.8 Å². The Hall–Kier alpha value is -1.65. The summed E-state index contributed by atoms with van der Waals surface area (Å²) in [5.41, 5.74) is 3.71. The van der Waals surface area contributed by atoms with Crippen LogP contribution in [0, 0.1) is 0 Å². The molecule has 132 valence electrons. The minimum atomic E-state index is -0.549. The predicted octanol–water partition coefficient (Wildman–Crippen LogP) is 5.30. The van der Waals surface area contributed by atoms with Gasteiger partial charge in [-0.25, -0.2) is 0 Å². The van der Waals surface area contributed by atoms with Gasteiger partial charge in [-0.2, -0.15) is 0 Å². The third kappa shape index (κ3) is 5.16. The normalized spacial score (nSPS) is 13.1. The number of benzene rings is 2. The molecule has 0 saturated heterocycles. The highest BCUT2D eigenvalue weighted by Crippen LogP contribution is 2.22. The van der Waals surface area contributed by atoms with E-state index in [-0.39, 0.29) is 0 Å². The summed E-state index contributed by atoms with van der Waals surface area (Å²) in [5.74, 6) is -1.69. The Morgan fingerprint density at radius 1 is 0.880 bits per heavy atom. The number of rotatable bonds is 6. The van der Waals surface area contributed by atoms with Crippen molar-refractivity contribution in [2.24, 2.45) is 0 Å². The molecule has 2 aromatic carbocycles. The molecule has 0 spiro atoms. The summed E-state index contributed by atoms with van der Waals surface area (Å²) >= 11 is 9.15. The van der Waals surface area contributed by atoms with Crippen molar-refractivity contribution < 1.29 is 14.3 Å². The number of carbonyl (C=O) groups excluding carboxylic acids is 2. The van der Waals surface area contributed by atoms with Gasteiger partial charge >= 0.3 is 11.9 Å². The molecule has 0 saturated carbocycles. The first-order valence-electron chi connectivity index (χ1n) is 8.01. The molecule has 2 rings (SSSR count). The Kier molecular flexibility index (Phi) is 7.21. The molecular weight excluding hydrogens is 404 g/mol. The maximum Gasteiger partial charge on any atom is 0.320 e. The average Bonchev–Trinajstić information content (AvgIpc) is 2.66. The molecule has 25 heavy (non-hydrogen) atoms. The number of halogens is 2. The van der Waals surface area contributed by atoms with E-state index in [2.05, 4.69) is 15.9 Å². The van der Waals surface area contributed by atoms with Crippen LogP contribution in [-0.2, 0) is 25.5 Å². The molecule has 0 amide bonds.